The summed E-state index contributed by atoms with van der Waals surface area (Å²) in [7, 11) is 0. The van der Waals surface area contributed by atoms with Crippen LogP contribution in [0.4, 0.5) is 0 Å². The average Bonchev–Trinajstić information content (AvgIpc) is 3.24. The van der Waals surface area contributed by atoms with Crippen LogP contribution in [0.3, 0.4) is 0 Å². The van der Waals surface area contributed by atoms with Gasteiger partial charge in [-0.05, 0) is 41.6 Å². The molecule has 1 aliphatic heterocycles. The van der Waals surface area contributed by atoms with Crippen LogP contribution < -0.4 is 0 Å². The normalized spacial score (nSPS) is 14.9. The fraction of sp³-hybridized carbons (Fsp3) is 0.211. The highest BCUT2D eigenvalue weighted by Gasteiger charge is 2.19. The quantitative estimate of drug-likeness (QED) is 0.722. The van der Waals surface area contributed by atoms with Crippen LogP contribution >= 0.6 is 22.9 Å². The smallest absolute Gasteiger partial charge is 0.228 e. The van der Waals surface area contributed by atoms with Crippen molar-refractivity contribution in [3.05, 3.63) is 63.4 Å². The lowest BCUT2D eigenvalue weighted by Gasteiger charge is -2.26. The maximum Gasteiger partial charge on any atom is 0.228 e. The minimum absolute atomic E-state index is 0.203. The Labute approximate surface area is 149 Å². The van der Waals surface area contributed by atoms with E-state index in [-0.39, 0.29) is 5.91 Å². The van der Waals surface area contributed by atoms with Gasteiger partial charge in [0, 0.05) is 45.7 Å². The summed E-state index contributed by atoms with van der Waals surface area (Å²) in [6.07, 6.45) is 5.58. The lowest BCUT2D eigenvalue weighted by atomic mass is 9.99. The largest absolute Gasteiger partial charge is 0.361 e. The summed E-state index contributed by atoms with van der Waals surface area (Å²) in [5.74, 6) is 0.203. The molecule has 4 rings (SSSR count). The Bertz CT molecular complexity index is 911. The van der Waals surface area contributed by atoms with Crippen LogP contribution in [0.1, 0.15) is 16.9 Å². The van der Waals surface area contributed by atoms with Gasteiger partial charge in [-0.2, -0.15) is 0 Å². The number of halogens is 1. The van der Waals surface area contributed by atoms with Gasteiger partial charge in [-0.3, -0.25) is 4.79 Å². The summed E-state index contributed by atoms with van der Waals surface area (Å²) in [4.78, 5) is 18.8. The first-order valence-electron chi connectivity index (χ1n) is 7.97. The van der Waals surface area contributed by atoms with E-state index in [2.05, 4.69) is 11.1 Å². The van der Waals surface area contributed by atoms with Crippen molar-refractivity contribution in [2.45, 2.75) is 12.8 Å². The number of carbonyl (C=O) groups excluding carboxylic acids is 1. The molecule has 122 valence electrons. The summed E-state index contributed by atoms with van der Waals surface area (Å²) in [5, 5.41) is 3.90. The molecule has 0 unspecified atom stereocenters. The lowest BCUT2D eigenvalue weighted by molar-refractivity contribution is -0.130. The SMILES string of the molecule is O=C(Cc1cccs1)N1CC=C(c2c[nH]c3ccc(Cl)cc23)CC1. The molecule has 1 amide bonds. The first kappa shape index (κ1) is 15.5. The maximum absolute atomic E-state index is 12.4. The summed E-state index contributed by atoms with van der Waals surface area (Å²) >= 11 is 7.77. The monoisotopic (exact) mass is 356 g/mol. The number of fused-ring (bicyclic) bond motifs is 1. The van der Waals surface area contributed by atoms with E-state index in [0.29, 0.717) is 13.0 Å². The van der Waals surface area contributed by atoms with E-state index in [1.807, 2.05) is 46.8 Å². The first-order valence-corrected chi connectivity index (χ1v) is 9.22. The number of aromatic amines is 1. The second kappa shape index (κ2) is 6.46. The molecule has 0 saturated carbocycles. The number of nitrogens with one attached hydrogen (secondary N) is 1. The van der Waals surface area contributed by atoms with Gasteiger partial charge in [-0.25, -0.2) is 0 Å². The van der Waals surface area contributed by atoms with Crippen molar-refractivity contribution in [2.75, 3.05) is 13.1 Å². The molecular formula is C19H17ClN2OS. The van der Waals surface area contributed by atoms with Crippen LogP contribution in [-0.4, -0.2) is 28.9 Å². The Morgan fingerprint density at radius 1 is 1.33 bits per heavy atom. The summed E-state index contributed by atoms with van der Waals surface area (Å²) in [6.45, 7) is 1.44. The van der Waals surface area contributed by atoms with Gasteiger partial charge in [0.1, 0.15) is 0 Å². The van der Waals surface area contributed by atoms with Crippen molar-refractivity contribution in [1.82, 2.24) is 9.88 Å². The first-order chi connectivity index (χ1) is 11.7. The molecule has 0 saturated heterocycles. The molecule has 1 aliphatic rings. The molecule has 24 heavy (non-hydrogen) atoms. The number of thiophene rings is 1. The van der Waals surface area contributed by atoms with Crippen LogP contribution in [0.5, 0.6) is 0 Å². The molecule has 2 aromatic heterocycles. The number of benzene rings is 1. The number of aromatic nitrogens is 1. The Balaban J connectivity index is 1.51. The van der Waals surface area contributed by atoms with Gasteiger partial charge in [0.25, 0.3) is 0 Å². The van der Waals surface area contributed by atoms with Gasteiger partial charge >= 0.3 is 0 Å². The van der Waals surface area contributed by atoms with Gasteiger partial charge in [-0.1, -0.05) is 23.7 Å². The summed E-state index contributed by atoms with van der Waals surface area (Å²) < 4.78 is 0. The van der Waals surface area contributed by atoms with E-state index < -0.39 is 0 Å². The zero-order chi connectivity index (χ0) is 16.5. The second-order valence-corrected chi connectivity index (χ2v) is 7.44. The van der Waals surface area contributed by atoms with Crippen molar-refractivity contribution < 1.29 is 4.79 Å². The molecular weight excluding hydrogens is 340 g/mol. The number of hydrogen-bond acceptors (Lipinski definition) is 2. The Hall–Kier alpha value is -2.04. The van der Waals surface area contributed by atoms with Gasteiger partial charge in [0.05, 0.1) is 6.42 Å². The topological polar surface area (TPSA) is 36.1 Å². The summed E-state index contributed by atoms with van der Waals surface area (Å²) in [5.41, 5.74) is 3.56. The fourth-order valence-electron chi connectivity index (χ4n) is 3.17. The van der Waals surface area contributed by atoms with Crippen molar-refractivity contribution in [3.63, 3.8) is 0 Å². The number of amides is 1. The molecule has 3 nitrogen and oxygen atoms in total. The third-order valence-corrected chi connectivity index (χ3v) is 5.57. The van der Waals surface area contributed by atoms with Crippen LogP contribution in [-0.2, 0) is 11.2 Å². The highest BCUT2D eigenvalue weighted by molar-refractivity contribution is 7.10. The molecule has 1 aromatic carbocycles. The van der Waals surface area contributed by atoms with E-state index in [9.17, 15) is 4.79 Å². The maximum atomic E-state index is 12.4. The van der Waals surface area contributed by atoms with Crippen LogP contribution in [0, 0.1) is 0 Å². The predicted octanol–water partition coefficient (Wildman–Crippen LogP) is 4.74. The minimum Gasteiger partial charge on any atom is -0.361 e. The molecule has 0 atom stereocenters. The van der Waals surface area contributed by atoms with E-state index >= 15 is 0 Å². The van der Waals surface area contributed by atoms with E-state index in [0.717, 1.165) is 33.8 Å². The molecule has 0 fully saturated rings. The molecule has 0 aliphatic carbocycles. The molecule has 0 radical (unpaired) electrons. The third-order valence-electron chi connectivity index (χ3n) is 4.46. The van der Waals surface area contributed by atoms with Crippen molar-refractivity contribution in [2.24, 2.45) is 0 Å². The molecule has 0 spiro atoms. The number of H-pyrrole nitrogens is 1. The molecule has 3 aromatic rings. The Kier molecular flexibility index (Phi) is 4.17. The number of nitrogens with zero attached hydrogens (tertiary/aromatic N) is 1. The number of carbonyl (C=O) groups is 1. The number of hydrogen-bond donors (Lipinski definition) is 1. The Morgan fingerprint density at radius 3 is 3.00 bits per heavy atom. The zero-order valence-corrected chi connectivity index (χ0v) is 14.7. The summed E-state index contributed by atoms with van der Waals surface area (Å²) in [6, 6.07) is 9.90. The standard InChI is InChI=1S/C19H17ClN2OS/c20-14-3-4-18-16(10-14)17(12-21-18)13-5-7-22(8-6-13)19(23)11-15-2-1-9-24-15/h1-5,9-10,12,21H,6-8,11H2. The second-order valence-electron chi connectivity index (χ2n) is 5.97. The molecule has 1 N–H and O–H groups in total. The van der Waals surface area contributed by atoms with Crippen molar-refractivity contribution >= 4 is 45.3 Å². The van der Waals surface area contributed by atoms with Crippen molar-refractivity contribution in [1.29, 1.82) is 0 Å². The highest BCUT2D eigenvalue weighted by Crippen LogP contribution is 2.31. The van der Waals surface area contributed by atoms with Gasteiger partial charge in [0.2, 0.25) is 5.91 Å². The third kappa shape index (κ3) is 2.99. The van der Waals surface area contributed by atoms with Gasteiger partial charge < -0.3 is 9.88 Å². The Morgan fingerprint density at radius 2 is 2.25 bits per heavy atom. The lowest BCUT2D eigenvalue weighted by Crippen LogP contribution is -2.35. The molecule has 3 heterocycles. The van der Waals surface area contributed by atoms with Gasteiger partial charge in [-0.15, -0.1) is 11.3 Å². The molecule has 5 heteroatoms. The van der Waals surface area contributed by atoms with Crippen molar-refractivity contribution in [3.8, 4) is 0 Å². The highest BCUT2D eigenvalue weighted by atomic mass is 35.5. The molecule has 0 bridgehead atoms. The zero-order valence-electron chi connectivity index (χ0n) is 13.1. The van der Waals surface area contributed by atoms with Crippen LogP contribution in [0.15, 0.2) is 48.0 Å². The van der Waals surface area contributed by atoms with Crippen LogP contribution in [0.25, 0.3) is 16.5 Å². The fourth-order valence-corrected chi connectivity index (χ4v) is 4.04. The van der Waals surface area contributed by atoms with E-state index in [1.54, 1.807) is 11.3 Å². The predicted molar refractivity (Wildman–Crippen MR) is 101 cm³/mol. The number of rotatable bonds is 3. The van der Waals surface area contributed by atoms with Crippen LogP contribution in [0.2, 0.25) is 5.02 Å². The minimum atomic E-state index is 0.203. The van der Waals surface area contributed by atoms with E-state index in [1.165, 1.54) is 11.1 Å². The van der Waals surface area contributed by atoms with Gasteiger partial charge in [0.15, 0.2) is 0 Å². The average molecular weight is 357 g/mol. The van der Waals surface area contributed by atoms with E-state index in [4.69, 9.17) is 11.6 Å².